The number of likely N-dealkylation sites (tertiary alicyclic amines) is 1. The second-order valence-corrected chi connectivity index (χ2v) is 7.64. The van der Waals surface area contributed by atoms with Crippen LogP contribution in [0.1, 0.15) is 44.7 Å². The van der Waals surface area contributed by atoms with Gasteiger partial charge in [-0.15, -0.1) is 5.10 Å². The number of aromatic nitrogens is 3. The monoisotopic (exact) mass is 362 g/mol. The number of amides is 2. The van der Waals surface area contributed by atoms with Crippen molar-refractivity contribution in [2.75, 3.05) is 19.6 Å². The predicted molar refractivity (Wildman–Crippen MR) is 97.3 cm³/mol. The van der Waals surface area contributed by atoms with E-state index in [-0.39, 0.29) is 17.9 Å². The largest absolute Gasteiger partial charge is 0.355 e. The van der Waals surface area contributed by atoms with Gasteiger partial charge in [0.15, 0.2) is 0 Å². The molecule has 0 radical (unpaired) electrons. The average molecular weight is 362 g/mol. The molecule has 2 aliphatic rings. The third-order valence-electron chi connectivity index (χ3n) is 5.26. The summed E-state index contributed by atoms with van der Waals surface area (Å²) < 4.78 is 1.74. The molecule has 2 atom stereocenters. The Hall–Kier alpha value is -1.96. The Kier molecular flexibility index (Phi) is 6.24. The van der Waals surface area contributed by atoms with Gasteiger partial charge in [0.1, 0.15) is 0 Å². The Balaban J connectivity index is 1.45. The van der Waals surface area contributed by atoms with Crippen LogP contribution >= 0.6 is 0 Å². The molecule has 0 bridgehead atoms. The molecule has 8 heteroatoms. The van der Waals surface area contributed by atoms with Crippen molar-refractivity contribution in [3.63, 3.8) is 0 Å². The van der Waals surface area contributed by atoms with Crippen molar-refractivity contribution < 1.29 is 9.59 Å². The van der Waals surface area contributed by atoms with E-state index in [2.05, 4.69) is 25.8 Å². The van der Waals surface area contributed by atoms with Crippen molar-refractivity contribution in [1.82, 2.24) is 30.5 Å². The third-order valence-corrected chi connectivity index (χ3v) is 5.26. The summed E-state index contributed by atoms with van der Waals surface area (Å²) in [6.45, 7) is 6.39. The number of carbonyl (C=O) groups excluding carboxylic acids is 2. The molecule has 0 unspecified atom stereocenters. The van der Waals surface area contributed by atoms with Crippen molar-refractivity contribution in [2.24, 2.45) is 5.92 Å². The zero-order chi connectivity index (χ0) is 18.5. The molecule has 144 valence electrons. The van der Waals surface area contributed by atoms with Crippen LogP contribution in [0, 0.1) is 12.8 Å². The van der Waals surface area contributed by atoms with E-state index in [0.29, 0.717) is 32.1 Å². The summed E-state index contributed by atoms with van der Waals surface area (Å²) in [5.41, 5.74) is 0.878. The Morgan fingerprint density at radius 3 is 2.62 bits per heavy atom. The van der Waals surface area contributed by atoms with E-state index in [1.165, 1.54) is 12.8 Å². The molecular formula is C18H30N6O2. The number of aryl methyl sites for hydroxylation is 1. The number of nitrogens with one attached hydrogen (secondary N) is 2. The van der Waals surface area contributed by atoms with Crippen LogP contribution in [0.25, 0.3) is 0 Å². The van der Waals surface area contributed by atoms with Crippen LogP contribution in [0.15, 0.2) is 6.20 Å². The van der Waals surface area contributed by atoms with Gasteiger partial charge in [0.05, 0.1) is 12.2 Å². The highest BCUT2D eigenvalue weighted by Gasteiger charge is 2.37. The van der Waals surface area contributed by atoms with Crippen LogP contribution in [0.5, 0.6) is 0 Å². The number of hydrogen-bond donors (Lipinski definition) is 2. The molecule has 2 heterocycles. The second-order valence-electron chi connectivity index (χ2n) is 7.64. The van der Waals surface area contributed by atoms with Crippen molar-refractivity contribution in [3.05, 3.63) is 11.9 Å². The molecule has 26 heavy (non-hydrogen) atoms. The summed E-state index contributed by atoms with van der Waals surface area (Å²) in [4.78, 5) is 26.1. The molecule has 3 rings (SSSR count). The van der Waals surface area contributed by atoms with Gasteiger partial charge in [-0.2, -0.15) is 0 Å². The summed E-state index contributed by atoms with van der Waals surface area (Å²) in [5, 5.41) is 13.9. The fourth-order valence-electron chi connectivity index (χ4n) is 3.71. The number of carbonyl (C=O) groups is 2. The standard InChI is InChI=1S/C18H30N6O2/c1-13-11-23(22-21-13)8-7-19-18(26)9-16-5-6-17(10-20-14(2)25)24(16)12-15-3-4-15/h11,15-17H,3-10,12H2,1-2H3,(H,19,26)(H,20,25)/t16-,17+/m0/s1. The van der Waals surface area contributed by atoms with Crippen LogP contribution in [0.2, 0.25) is 0 Å². The Morgan fingerprint density at radius 2 is 1.96 bits per heavy atom. The first-order valence-electron chi connectivity index (χ1n) is 9.65. The molecule has 1 aliphatic heterocycles. The molecule has 2 N–H and O–H groups in total. The van der Waals surface area contributed by atoms with E-state index < -0.39 is 0 Å². The summed E-state index contributed by atoms with van der Waals surface area (Å²) in [6.07, 6.45) is 7.04. The summed E-state index contributed by atoms with van der Waals surface area (Å²) in [5.74, 6) is 0.878. The molecule has 1 saturated carbocycles. The minimum absolute atomic E-state index is 0.0147. The van der Waals surface area contributed by atoms with Crippen molar-refractivity contribution in [1.29, 1.82) is 0 Å². The van der Waals surface area contributed by atoms with Gasteiger partial charge >= 0.3 is 0 Å². The van der Waals surface area contributed by atoms with Crippen LogP contribution in [0.3, 0.4) is 0 Å². The van der Waals surface area contributed by atoms with Crippen LogP contribution < -0.4 is 10.6 Å². The lowest BCUT2D eigenvalue weighted by atomic mass is 10.1. The fraction of sp³-hybridized carbons (Fsp3) is 0.778. The Labute approximate surface area is 154 Å². The zero-order valence-electron chi connectivity index (χ0n) is 15.8. The Morgan fingerprint density at radius 1 is 1.19 bits per heavy atom. The van der Waals surface area contributed by atoms with Crippen LogP contribution in [-0.4, -0.2) is 63.4 Å². The number of nitrogens with zero attached hydrogens (tertiary/aromatic N) is 4. The lowest BCUT2D eigenvalue weighted by molar-refractivity contribution is -0.122. The maximum absolute atomic E-state index is 12.4. The highest BCUT2D eigenvalue weighted by molar-refractivity contribution is 5.76. The van der Waals surface area contributed by atoms with Crippen molar-refractivity contribution in [2.45, 2.75) is 64.6 Å². The molecule has 1 aliphatic carbocycles. The quantitative estimate of drug-likeness (QED) is 0.666. The lowest BCUT2D eigenvalue weighted by Gasteiger charge is -2.30. The number of hydrogen-bond acceptors (Lipinski definition) is 5. The van der Waals surface area contributed by atoms with E-state index in [1.807, 2.05) is 13.1 Å². The third kappa shape index (κ3) is 5.52. The topological polar surface area (TPSA) is 92.2 Å². The van der Waals surface area contributed by atoms with Crippen molar-refractivity contribution in [3.8, 4) is 0 Å². The second kappa shape index (κ2) is 8.62. The summed E-state index contributed by atoms with van der Waals surface area (Å²) in [6, 6.07) is 0.637. The summed E-state index contributed by atoms with van der Waals surface area (Å²) in [7, 11) is 0. The molecule has 0 aromatic carbocycles. The van der Waals surface area contributed by atoms with Gasteiger partial charge in [0, 0.05) is 51.3 Å². The van der Waals surface area contributed by atoms with Gasteiger partial charge in [0.2, 0.25) is 11.8 Å². The smallest absolute Gasteiger partial charge is 0.221 e. The SMILES string of the molecule is CC(=O)NC[C@H]1CC[C@@H](CC(=O)NCCn2cc(C)nn2)N1CC1CC1. The van der Waals surface area contributed by atoms with E-state index in [9.17, 15) is 9.59 Å². The molecule has 8 nitrogen and oxygen atoms in total. The van der Waals surface area contributed by atoms with Gasteiger partial charge < -0.3 is 10.6 Å². The fourth-order valence-corrected chi connectivity index (χ4v) is 3.71. The molecule has 1 aromatic heterocycles. The first-order chi connectivity index (χ1) is 12.5. The maximum atomic E-state index is 12.4. The minimum Gasteiger partial charge on any atom is -0.355 e. The predicted octanol–water partition coefficient (Wildman–Crippen LogP) is 0.472. The highest BCUT2D eigenvalue weighted by atomic mass is 16.2. The van der Waals surface area contributed by atoms with Gasteiger partial charge in [-0.05, 0) is 38.5 Å². The van der Waals surface area contributed by atoms with Gasteiger partial charge in [-0.25, -0.2) is 0 Å². The van der Waals surface area contributed by atoms with E-state index in [1.54, 1.807) is 11.6 Å². The molecule has 1 aromatic rings. The zero-order valence-corrected chi connectivity index (χ0v) is 15.8. The molecular weight excluding hydrogens is 332 g/mol. The molecule has 0 spiro atoms. The highest BCUT2D eigenvalue weighted by Crippen LogP contribution is 2.35. The molecule has 2 fully saturated rings. The average Bonchev–Trinajstić information content (AvgIpc) is 3.20. The molecule has 2 amide bonds. The van der Waals surface area contributed by atoms with Crippen molar-refractivity contribution >= 4 is 11.8 Å². The van der Waals surface area contributed by atoms with Crippen LogP contribution in [-0.2, 0) is 16.1 Å². The van der Waals surface area contributed by atoms with E-state index >= 15 is 0 Å². The Bertz CT molecular complexity index is 627. The first-order valence-corrected chi connectivity index (χ1v) is 9.65. The van der Waals surface area contributed by atoms with Gasteiger partial charge in [-0.1, -0.05) is 5.21 Å². The summed E-state index contributed by atoms with van der Waals surface area (Å²) >= 11 is 0. The van der Waals surface area contributed by atoms with Gasteiger partial charge in [-0.3, -0.25) is 19.2 Å². The van der Waals surface area contributed by atoms with E-state index in [4.69, 9.17) is 0 Å². The molecule has 1 saturated heterocycles. The number of rotatable bonds is 9. The normalized spacial score (nSPS) is 23.2. The van der Waals surface area contributed by atoms with Gasteiger partial charge in [0.25, 0.3) is 0 Å². The minimum atomic E-state index is 0.0147. The van der Waals surface area contributed by atoms with E-state index in [0.717, 1.165) is 31.0 Å². The lowest BCUT2D eigenvalue weighted by Crippen LogP contribution is -2.45. The maximum Gasteiger partial charge on any atom is 0.221 e. The first kappa shape index (κ1) is 18.8. The van der Waals surface area contributed by atoms with Crippen LogP contribution in [0.4, 0.5) is 0 Å².